The van der Waals surface area contributed by atoms with Crippen LogP contribution in [0.25, 0.3) is 0 Å². The fourth-order valence-corrected chi connectivity index (χ4v) is 2.09. The molecule has 1 saturated heterocycles. The van der Waals surface area contributed by atoms with E-state index in [9.17, 15) is 9.59 Å². The molecule has 19 heavy (non-hydrogen) atoms. The minimum atomic E-state index is -1.06. The van der Waals surface area contributed by atoms with E-state index in [2.05, 4.69) is 15.2 Å². The van der Waals surface area contributed by atoms with Gasteiger partial charge in [-0.1, -0.05) is 0 Å². The third kappa shape index (κ3) is 3.01. The van der Waals surface area contributed by atoms with Gasteiger partial charge in [-0.05, 0) is 31.9 Å². The smallest absolute Gasteiger partial charge is 0.325 e. The number of anilines is 1. The molecule has 6 nitrogen and oxygen atoms in total. The molecule has 0 unspecified atom stereocenters. The lowest BCUT2D eigenvalue weighted by molar-refractivity contribution is -0.138. The first-order valence-electron chi connectivity index (χ1n) is 6.33. The summed E-state index contributed by atoms with van der Waals surface area (Å²) in [6.07, 6.45) is 3.82. The molecular formula is C13H17N3O3. The Labute approximate surface area is 111 Å². The zero-order valence-electron chi connectivity index (χ0n) is 10.8. The standard InChI is InChI=1S/C13H17N3O3/c1-9(13(18)19)15-12(17)10-5-4-6-14-11(10)16-7-2-3-8-16/h4-6,9H,2-3,7-8H2,1H3,(H,15,17)(H,18,19)/t9-/m1/s1. The Morgan fingerprint density at radius 1 is 1.42 bits per heavy atom. The van der Waals surface area contributed by atoms with E-state index in [1.807, 2.05) is 0 Å². The predicted molar refractivity (Wildman–Crippen MR) is 70.2 cm³/mol. The van der Waals surface area contributed by atoms with E-state index in [0.29, 0.717) is 11.4 Å². The van der Waals surface area contributed by atoms with Gasteiger partial charge >= 0.3 is 5.97 Å². The quantitative estimate of drug-likeness (QED) is 0.842. The zero-order chi connectivity index (χ0) is 13.8. The van der Waals surface area contributed by atoms with Gasteiger partial charge in [0.2, 0.25) is 0 Å². The molecule has 2 heterocycles. The lowest BCUT2D eigenvalue weighted by atomic mass is 10.2. The number of aromatic nitrogens is 1. The van der Waals surface area contributed by atoms with Gasteiger partial charge in [-0.2, -0.15) is 0 Å². The van der Waals surface area contributed by atoms with Crippen molar-refractivity contribution in [3.8, 4) is 0 Å². The van der Waals surface area contributed by atoms with Gasteiger partial charge in [0.15, 0.2) is 0 Å². The lowest BCUT2D eigenvalue weighted by Gasteiger charge is -2.19. The average molecular weight is 263 g/mol. The highest BCUT2D eigenvalue weighted by atomic mass is 16.4. The molecular weight excluding hydrogens is 246 g/mol. The molecule has 0 saturated carbocycles. The number of pyridine rings is 1. The first kappa shape index (κ1) is 13.3. The van der Waals surface area contributed by atoms with Gasteiger partial charge in [-0.15, -0.1) is 0 Å². The molecule has 1 amide bonds. The van der Waals surface area contributed by atoms with Crippen LogP contribution in [-0.4, -0.2) is 41.1 Å². The van der Waals surface area contributed by atoms with Crippen molar-refractivity contribution in [2.24, 2.45) is 0 Å². The number of hydrogen-bond acceptors (Lipinski definition) is 4. The van der Waals surface area contributed by atoms with Gasteiger partial charge in [0, 0.05) is 19.3 Å². The largest absolute Gasteiger partial charge is 0.480 e. The summed E-state index contributed by atoms with van der Waals surface area (Å²) in [4.78, 5) is 29.2. The summed E-state index contributed by atoms with van der Waals surface area (Å²) in [5.74, 6) is -0.819. The van der Waals surface area contributed by atoms with E-state index in [1.54, 1.807) is 18.3 Å². The fourth-order valence-electron chi connectivity index (χ4n) is 2.09. The maximum Gasteiger partial charge on any atom is 0.325 e. The van der Waals surface area contributed by atoms with Crippen LogP contribution >= 0.6 is 0 Å². The molecule has 2 N–H and O–H groups in total. The monoisotopic (exact) mass is 263 g/mol. The number of nitrogens with zero attached hydrogens (tertiary/aromatic N) is 2. The number of rotatable bonds is 4. The molecule has 0 aliphatic carbocycles. The zero-order valence-corrected chi connectivity index (χ0v) is 10.8. The minimum Gasteiger partial charge on any atom is -0.480 e. The van der Waals surface area contributed by atoms with E-state index in [0.717, 1.165) is 25.9 Å². The van der Waals surface area contributed by atoms with Crippen molar-refractivity contribution in [2.45, 2.75) is 25.8 Å². The van der Waals surface area contributed by atoms with Gasteiger partial charge in [0.1, 0.15) is 11.9 Å². The van der Waals surface area contributed by atoms with Crippen molar-refractivity contribution in [1.29, 1.82) is 0 Å². The van der Waals surface area contributed by atoms with E-state index < -0.39 is 17.9 Å². The average Bonchev–Trinajstić information content (AvgIpc) is 2.92. The number of carboxylic acids is 1. The second-order valence-electron chi connectivity index (χ2n) is 4.60. The SMILES string of the molecule is C[C@@H](NC(=O)c1cccnc1N1CCCC1)C(=O)O. The molecule has 1 aliphatic heterocycles. The van der Waals surface area contributed by atoms with Crippen LogP contribution in [0, 0.1) is 0 Å². The Morgan fingerprint density at radius 2 is 2.11 bits per heavy atom. The second-order valence-corrected chi connectivity index (χ2v) is 4.60. The Bertz CT molecular complexity index is 484. The predicted octanol–water partition coefficient (Wildman–Crippen LogP) is 0.885. The molecule has 0 radical (unpaired) electrons. The van der Waals surface area contributed by atoms with Gasteiger partial charge in [-0.3, -0.25) is 9.59 Å². The van der Waals surface area contributed by atoms with E-state index >= 15 is 0 Å². The summed E-state index contributed by atoms with van der Waals surface area (Å²) in [6, 6.07) is 2.43. The van der Waals surface area contributed by atoms with Crippen LogP contribution in [0.1, 0.15) is 30.1 Å². The van der Waals surface area contributed by atoms with Gasteiger partial charge < -0.3 is 15.3 Å². The topological polar surface area (TPSA) is 82.5 Å². The summed E-state index contributed by atoms with van der Waals surface area (Å²) >= 11 is 0. The number of aliphatic carboxylic acids is 1. The molecule has 1 atom stereocenters. The summed E-state index contributed by atoms with van der Waals surface area (Å²) in [5.41, 5.74) is 0.428. The summed E-state index contributed by atoms with van der Waals surface area (Å²) in [6.45, 7) is 3.20. The van der Waals surface area contributed by atoms with Gasteiger partial charge in [0.05, 0.1) is 5.56 Å². The van der Waals surface area contributed by atoms with Gasteiger partial charge in [-0.25, -0.2) is 4.98 Å². The summed E-state index contributed by atoms with van der Waals surface area (Å²) < 4.78 is 0. The third-order valence-corrected chi connectivity index (χ3v) is 3.15. The van der Waals surface area contributed by atoms with Crippen molar-refractivity contribution in [3.05, 3.63) is 23.9 Å². The van der Waals surface area contributed by atoms with Crippen LogP contribution in [0.3, 0.4) is 0 Å². The molecule has 0 aromatic carbocycles. The Hall–Kier alpha value is -2.11. The molecule has 1 aromatic rings. The lowest BCUT2D eigenvalue weighted by Crippen LogP contribution is -2.39. The third-order valence-electron chi connectivity index (χ3n) is 3.15. The fraction of sp³-hybridized carbons (Fsp3) is 0.462. The molecule has 6 heteroatoms. The van der Waals surface area contributed by atoms with Crippen molar-refractivity contribution < 1.29 is 14.7 Å². The van der Waals surface area contributed by atoms with Crippen LogP contribution < -0.4 is 10.2 Å². The van der Waals surface area contributed by atoms with Crippen LogP contribution in [0.2, 0.25) is 0 Å². The highest BCUT2D eigenvalue weighted by Gasteiger charge is 2.22. The number of amides is 1. The molecule has 0 spiro atoms. The van der Waals surface area contributed by atoms with E-state index in [-0.39, 0.29) is 0 Å². The number of carbonyl (C=O) groups is 2. The Kier molecular flexibility index (Phi) is 3.99. The van der Waals surface area contributed by atoms with Crippen LogP contribution in [0.15, 0.2) is 18.3 Å². The molecule has 2 rings (SSSR count). The van der Waals surface area contributed by atoms with E-state index in [1.165, 1.54) is 6.92 Å². The summed E-state index contributed by atoms with van der Waals surface area (Å²) in [5, 5.41) is 11.3. The van der Waals surface area contributed by atoms with Crippen LogP contribution in [0.4, 0.5) is 5.82 Å². The highest BCUT2D eigenvalue weighted by Crippen LogP contribution is 2.21. The number of nitrogens with one attached hydrogen (secondary N) is 1. The molecule has 102 valence electrons. The van der Waals surface area contributed by atoms with Crippen molar-refractivity contribution in [2.75, 3.05) is 18.0 Å². The maximum atomic E-state index is 12.1. The molecule has 1 aliphatic rings. The van der Waals surface area contributed by atoms with Crippen LogP contribution in [-0.2, 0) is 4.79 Å². The highest BCUT2D eigenvalue weighted by molar-refractivity contribution is 6.00. The first-order chi connectivity index (χ1) is 9.09. The normalized spacial score (nSPS) is 16.2. The van der Waals surface area contributed by atoms with E-state index in [4.69, 9.17) is 5.11 Å². The summed E-state index contributed by atoms with van der Waals surface area (Å²) in [7, 11) is 0. The van der Waals surface area contributed by atoms with Crippen molar-refractivity contribution in [1.82, 2.24) is 10.3 Å². The first-order valence-corrected chi connectivity index (χ1v) is 6.33. The Morgan fingerprint density at radius 3 is 2.74 bits per heavy atom. The Balaban J connectivity index is 2.19. The van der Waals surface area contributed by atoms with Crippen molar-refractivity contribution in [3.63, 3.8) is 0 Å². The second kappa shape index (κ2) is 5.69. The number of carbonyl (C=O) groups excluding carboxylic acids is 1. The number of carboxylic acid groups (broad SMARTS) is 1. The molecule has 0 bridgehead atoms. The molecule has 1 fully saturated rings. The van der Waals surface area contributed by atoms with Crippen molar-refractivity contribution >= 4 is 17.7 Å². The minimum absolute atomic E-state index is 0.398. The van der Waals surface area contributed by atoms with Gasteiger partial charge in [0.25, 0.3) is 5.91 Å². The van der Waals surface area contributed by atoms with Crippen LogP contribution in [0.5, 0.6) is 0 Å². The maximum absolute atomic E-state index is 12.1. The molecule has 1 aromatic heterocycles. The number of hydrogen-bond donors (Lipinski definition) is 2.